The number of amides is 2. The summed E-state index contributed by atoms with van der Waals surface area (Å²) in [5.74, 6) is 0.107. The van der Waals surface area contributed by atoms with Crippen molar-refractivity contribution in [2.75, 3.05) is 20.6 Å². The minimum absolute atomic E-state index is 0.0291. The lowest BCUT2D eigenvalue weighted by molar-refractivity contribution is -0.141. The molecule has 1 aliphatic carbocycles. The lowest BCUT2D eigenvalue weighted by Gasteiger charge is -2.39. The van der Waals surface area contributed by atoms with Gasteiger partial charge in [-0.2, -0.15) is 0 Å². The molecule has 2 heterocycles. The molecule has 6 heteroatoms. The third-order valence-electron chi connectivity index (χ3n) is 6.95. The summed E-state index contributed by atoms with van der Waals surface area (Å²) in [5.41, 5.74) is 0.235. The van der Waals surface area contributed by atoms with Gasteiger partial charge in [-0.05, 0) is 55.5 Å². The number of likely N-dealkylation sites (tertiary alicyclic amines) is 1. The Hall–Kier alpha value is -1.92. The summed E-state index contributed by atoms with van der Waals surface area (Å²) in [6.45, 7) is 0.749. The zero-order chi connectivity index (χ0) is 22.0. The number of aliphatic hydroxyl groups is 1. The summed E-state index contributed by atoms with van der Waals surface area (Å²) >= 11 is 1.55. The van der Waals surface area contributed by atoms with Crippen LogP contribution >= 0.6 is 11.3 Å². The molecule has 168 valence electrons. The number of benzene rings is 1. The number of fused-ring (bicyclic) bond motifs is 1. The van der Waals surface area contributed by atoms with E-state index in [1.807, 2.05) is 17.0 Å². The number of hydrogen-bond acceptors (Lipinski definition) is 4. The smallest absolute Gasteiger partial charge is 0.263 e. The minimum atomic E-state index is -0.835. The highest BCUT2D eigenvalue weighted by molar-refractivity contribution is 7.21. The molecule has 1 aliphatic heterocycles. The quantitative estimate of drug-likeness (QED) is 0.735. The van der Waals surface area contributed by atoms with Crippen molar-refractivity contribution in [2.24, 2.45) is 0 Å². The fraction of sp³-hybridized carbons (Fsp3) is 0.600. The van der Waals surface area contributed by atoms with Gasteiger partial charge in [0.15, 0.2) is 0 Å². The van der Waals surface area contributed by atoms with Crippen LogP contribution in [0.1, 0.15) is 73.0 Å². The molecule has 1 N–H and O–H groups in total. The first-order valence-electron chi connectivity index (χ1n) is 11.6. The van der Waals surface area contributed by atoms with Crippen molar-refractivity contribution < 1.29 is 14.7 Å². The lowest BCUT2D eigenvalue weighted by atomic mass is 9.81. The van der Waals surface area contributed by atoms with E-state index >= 15 is 0 Å². The number of piperidine rings is 1. The van der Waals surface area contributed by atoms with Crippen LogP contribution in [0, 0.1) is 0 Å². The minimum Gasteiger partial charge on any atom is -0.389 e. The fourth-order valence-electron chi connectivity index (χ4n) is 5.22. The maximum absolute atomic E-state index is 13.3. The Balaban J connectivity index is 1.59. The zero-order valence-corrected chi connectivity index (χ0v) is 19.5. The Morgan fingerprint density at radius 3 is 2.61 bits per heavy atom. The Labute approximate surface area is 189 Å². The normalized spacial score (nSPS) is 21.3. The number of carbonyl (C=O) groups excluding carboxylic acids is 2. The molecular formula is C25H34N2O3S. The second-order valence-corrected chi connectivity index (χ2v) is 10.6. The molecule has 1 atom stereocenters. The highest BCUT2D eigenvalue weighted by atomic mass is 32.1. The summed E-state index contributed by atoms with van der Waals surface area (Å²) in [5, 5.41) is 12.1. The second-order valence-electron chi connectivity index (χ2n) is 9.51. The van der Waals surface area contributed by atoms with E-state index in [0.29, 0.717) is 6.42 Å². The topological polar surface area (TPSA) is 60.9 Å². The molecule has 2 aromatic rings. The lowest BCUT2D eigenvalue weighted by Crippen LogP contribution is -2.48. The van der Waals surface area contributed by atoms with Crippen LogP contribution in [0.25, 0.3) is 10.1 Å². The third-order valence-corrected chi connectivity index (χ3v) is 8.15. The van der Waals surface area contributed by atoms with E-state index in [2.05, 4.69) is 12.1 Å². The van der Waals surface area contributed by atoms with Crippen LogP contribution < -0.4 is 0 Å². The first kappa shape index (κ1) is 22.3. The summed E-state index contributed by atoms with van der Waals surface area (Å²) in [4.78, 5) is 30.6. The average molecular weight is 443 g/mol. The van der Waals surface area contributed by atoms with Crippen LogP contribution in [-0.2, 0) is 11.2 Å². The van der Waals surface area contributed by atoms with Gasteiger partial charge in [0.1, 0.15) is 0 Å². The molecule has 1 aromatic carbocycles. The molecule has 5 nitrogen and oxygen atoms in total. The Kier molecular flexibility index (Phi) is 6.68. The highest BCUT2D eigenvalue weighted by Crippen LogP contribution is 2.36. The maximum Gasteiger partial charge on any atom is 0.263 e. The van der Waals surface area contributed by atoms with Gasteiger partial charge in [0.25, 0.3) is 5.91 Å². The molecule has 1 aromatic heterocycles. The molecule has 2 aliphatic rings. The second kappa shape index (κ2) is 9.29. The monoisotopic (exact) mass is 442 g/mol. The maximum atomic E-state index is 13.3. The molecule has 0 spiro atoms. The highest BCUT2D eigenvalue weighted by Gasteiger charge is 2.36. The van der Waals surface area contributed by atoms with E-state index in [0.717, 1.165) is 78.4 Å². The molecule has 1 unspecified atom stereocenters. The van der Waals surface area contributed by atoms with E-state index < -0.39 is 5.60 Å². The van der Waals surface area contributed by atoms with Crippen LogP contribution in [0.15, 0.2) is 24.3 Å². The largest absolute Gasteiger partial charge is 0.389 e. The van der Waals surface area contributed by atoms with Crippen LogP contribution in [0.3, 0.4) is 0 Å². The molecule has 1 saturated heterocycles. The van der Waals surface area contributed by atoms with Gasteiger partial charge in [-0.25, -0.2) is 0 Å². The van der Waals surface area contributed by atoms with Crippen molar-refractivity contribution in [3.63, 3.8) is 0 Å². The van der Waals surface area contributed by atoms with Gasteiger partial charge in [-0.15, -0.1) is 11.3 Å². The first-order chi connectivity index (χ1) is 14.9. The Morgan fingerprint density at radius 2 is 1.87 bits per heavy atom. The van der Waals surface area contributed by atoms with Gasteiger partial charge in [0.05, 0.1) is 16.9 Å². The molecule has 0 radical (unpaired) electrons. The van der Waals surface area contributed by atoms with Crippen molar-refractivity contribution in [3.8, 4) is 0 Å². The molecular weight excluding hydrogens is 408 g/mol. The Bertz CT molecular complexity index is 945. The van der Waals surface area contributed by atoms with Crippen molar-refractivity contribution >= 4 is 33.2 Å². The SMILES string of the molecule is CN(C)C(=O)c1sc2ccccc2c1CC1CCCCN1C(=O)CC1(O)CCCCC1. The van der Waals surface area contributed by atoms with Gasteiger partial charge in [-0.1, -0.05) is 37.5 Å². The van der Waals surface area contributed by atoms with Gasteiger partial charge in [-0.3, -0.25) is 9.59 Å². The molecule has 4 rings (SSSR count). The average Bonchev–Trinajstić information content (AvgIpc) is 3.12. The van der Waals surface area contributed by atoms with Gasteiger partial charge in [0.2, 0.25) is 5.91 Å². The predicted octanol–water partition coefficient (Wildman–Crippen LogP) is 4.61. The van der Waals surface area contributed by atoms with Crippen LogP contribution in [-0.4, -0.2) is 59.0 Å². The van der Waals surface area contributed by atoms with Gasteiger partial charge in [0, 0.05) is 31.4 Å². The van der Waals surface area contributed by atoms with Crippen LogP contribution in [0.5, 0.6) is 0 Å². The van der Waals surface area contributed by atoms with E-state index in [-0.39, 0.29) is 24.3 Å². The number of rotatable bonds is 5. The molecule has 1 saturated carbocycles. The number of carbonyl (C=O) groups is 2. The van der Waals surface area contributed by atoms with Crippen molar-refractivity contribution in [1.29, 1.82) is 0 Å². The Morgan fingerprint density at radius 1 is 1.13 bits per heavy atom. The summed E-state index contributed by atoms with van der Waals surface area (Å²) in [6, 6.07) is 8.27. The van der Waals surface area contributed by atoms with Crippen molar-refractivity contribution in [1.82, 2.24) is 9.80 Å². The summed E-state index contributed by atoms with van der Waals surface area (Å²) < 4.78 is 1.12. The third kappa shape index (κ3) is 4.80. The van der Waals surface area contributed by atoms with E-state index in [4.69, 9.17) is 0 Å². The first-order valence-corrected chi connectivity index (χ1v) is 12.4. The summed E-state index contributed by atoms with van der Waals surface area (Å²) in [6.07, 6.45) is 8.60. The van der Waals surface area contributed by atoms with Crippen LogP contribution in [0.2, 0.25) is 0 Å². The number of nitrogens with zero attached hydrogens (tertiary/aromatic N) is 2. The fourth-order valence-corrected chi connectivity index (χ4v) is 6.48. The van der Waals surface area contributed by atoms with E-state index in [1.165, 1.54) is 0 Å². The van der Waals surface area contributed by atoms with E-state index in [9.17, 15) is 14.7 Å². The van der Waals surface area contributed by atoms with E-state index in [1.54, 1.807) is 30.3 Å². The standard InChI is InChI=1S/C25H34N2O3S/c1-26(2)24(29)23-20(19-11-4-5-12-21(19)31-23)16-18-10-6-9-15-27(18)22(28)17-25(30)13-7-3-8-14-25/h4-5,11-12,18,30H,3,6-10,13-17H2,1-2H3. The number of thiophene rings is 1. The van der Waals surface area contributed by atoms with Crippen LogP contribution in [0.4, 0.5) is 0 Å². The molecule has 2 amide bonds. The van der Waals surface area contributed by atoms with Gasteiger partial charge < -0.3 is 14.9 Å². The predicted molar refractivity (Wildman–Crippen MR) is 126 cm³/mol. The number of hydrogen-bond donors (Lipinski definition) is 1. The van der Waals surface area contributed by atoms with Gasteiger partial charge >= 0.3 is 0 Å². The zero-order valence-electron chi connectivity index (χ0n) is 18.7. The van der Waals surface area contributed by atoms with Crippen molar-refractivity contribution in [3.05, 3.63) is 34.7 Å². The molecule has 31 heavy (non-hydrogen) atoms. The van der Waals surface area contributed by atoms with Crippen molar-refractivity contribution in [2.45, 2.75) is 75.9 Å². The molecule has 0 bridgehead atoms. The molecule has 2 fully saturated rings. The summed E-state index contributed by atoms with van der Waals surface area (Å²) in [7, 11) is 3.58.